The highest BCUT2D eigenvalue weighted by Crippen LogP contribution is 2.35. The van der Waals surface area contributed by atoms with Gasteiger partial charge in [-0.25, -0.2) is 9.50 Å². The first-order valence-electron chi connectivity index (χ1n) is 9.23. The van der Waals surface area contributed by atoms with Crippen molar-refractivity contribution in [3.63, 3.8) is 0 Å². The second kappa shape index (κ2) is 7.97. The number of nitrogens with zero attached hydrogens (tertiary/aromatic N) is 5. The number of carbonyl (C=O) groups is 1. The highest BCUT2D eigenvalue weighted by molar-refractivity contribution is 7.13. The van der Waals surface area contributed by atoms with Crippen LogP contribution in [0.25, 0.3) is 16.2 Å². The molecule has 7 nitrogen and oxygen atoms in total. The van der Waals surface area contributed by atoms with E-state index in [0.29, 0.717) is 15.9 Å². The lowest BCUT2D eigenvalue weighted by Crippen LogP contribution is -2.29. The maximum atomic E-state index is 13.7. The molecule has 4 aromatic rings. The second-order valence-electron chi connectivity index (χ2n) is 6.67. The molecule has 0 aromatic carbocycles. The maximum Gasteiger partial charge on any atom is 0.433 e. The summed E-state index contributed by atoms with van der Waals surface area (Å²) in [5.41, 5.74) is -0.804. The molecule has 1 unspecified atom stereocenters. The quantitative estimate of drug-likeness (QED) is 0.455. The van der Waals surface area contributed by atoms with E-state index < -0.39 is 23.8 Å². The number of fused-ring (bicyclic) bond motifs is 1. The van der Waals surface area contributed by atoms with E-state index in [-0.39, 0.29) is 22.1 Å². The lowest BCUT2D eigenvalue weighted by molar-refractivity contribution is -0.142. The number of hydrogen-bond acceptors (Lipinski definition) is 5. The monoisotopic (exact) mass is 468 g/mol. The molecule has 0 saturated carbocycles. The predicted octanol–water partition coefficient (Wildman–Crippen LogP) is 4.84. The van der Waals surface area contributed by atoms with E-state index in [4.69, 9.17) is 11.6 Å². The van der Waals surface area contributed by atoms with Crippen LogP contribution >= 0.6 is 22.9 Å². The van der Waals surface area contributed by atoms with Crippen LogP contribution in [-0.4, -0.2) is 30.3 Å². The highest BCUT2D eigenvalue weighted by Gasteiger charge is 2.37. The lowest BCUT2D eigenvalue weighted by Gasteiger charge is -2.14. The number of nitrogens with one attached hydrogen (secondary N) is 1. The Bertz CT molecular complexity index is 1250. The molecular formula is C19H16ClF3N6OS. The summed E-state index contributed by atoms with van der Waals surface area (Å²) in [4.78, 5) is 17.6. The Balaban J connectivity index is 1.77. The van der Waals surface area contributed by atoms with E-state index in [1.165, 1.54) is 11.3 Å². The summed E-state index contributed by atoms with van der Waals surface area (Å²) in [6.45, 7) is 4.24. The molecule has 1 atom stereocenters. The van der Waals surface area contributed by atoms with Crippen LogP contribution in [0.4, 0.5) is 13.2 Å². The Kier molecular flexibility index (Phi) is 5.48. The van der Waals surface area contributed by atoms with Gasteiger partial charge in [0.1, 0.15) is 5.02 Å². The van der Waals surface area contributed by atoms with E-state index in [1.54, 1.807) is 41.4 Å². The third-order valence-electron chi connectivity index (χ3n) is 4.65. The summed E-state index contributed by atoms with van der Waals surface area (Å²) in [7, 11) is 0. The molecule has 162 valence electrons. The summed E-state index contributed by atoms with van der Waals surface area (Å²) in [6.07, 6.45) is -3.12. The summed E-state index contributed by atoms with van der Waals surface area (Å²) in [5, 5.41) is 12.2. The van der Waals surface area contributed by atoms with Crippen LogP contribution in [0, 0.1) is 0 Å². The molecular weight excluding hydrogens is 453 g/mol. The van der Waals surface area contributed by atoms with Gasteiger partial charge in [0.2, 0.25) is 0 Å². The van der Waals surface area contributed by atoms with Crippen LogP contribution in [-0.2, 0) is 12.7 Å². The number of rotatable bonds is 5. The Morgan fingerprint density at radius 2 is 2.13 bits per heavy atom. The number of hydrogen-bond donors (Lipinski definition) is 1. The van der Waals surface area contributed by atoms with E-state index in [1.807, 2.05) is 6.92 Å². The van der Waals surface area contributed by atoms with Crippen molar-refractivity contribution in [2.24, 2.45) is 0 Å². The summed E-state index contributed by atoms with van der Waals surface area (Å²) in [5.74, 6) is -0.711. The average Bonchev–Trinajstić information content (AvgIpc) is 3.46. The topological polar surface area (TPSA) is 77.1 Å². The zero-order chi connectivity index (χ0) is 22.3. The normalized spacial score (nSPS) is 13.0. The van der Waals surface area contributed by atoms with Gasteiger partial charge in [-0.15, -0.1) is 11.3 Å². The minimum atomic E-state index is -4.72. The van der Waals surface area contributed by atoms with Gasteiger partial charge in [-0.3, -0.25) is 9.48 Å². The number of thiophene rings is 1. The van der Waals surface area contributed by atoms with E-state index >= 15 is 0 Å². The number of amides is 1. The lowest BCUT2D eigenvalue weighted by atomic mass is 10.2. The first-order chi connectivity index (χ1) is 14.7. The number of alkyl halides is 3. The minimum absolute atomic E-state index is 0.101. The first kappa shape index (κ1) is 21.3. The van der Waals surface area contributed by atoms with E-state index in [9.17, 15) is 18.0 Å². The van der Waals surface area contributed by atoms with Gasteiger partial charge < -0.3 is 5.32 Å². The van der Waals surface area contributed by atoms with Crippen LogP contribution in [0.15, 0.2) is 35.8 Å². The van der Waals surface area contributed by atoms with Gasteiger partial charge in [0, 0.05) is 12.7 Å². The molecule has 1 N–H and O–H groups in total. The number of aryl methyl sites for hydroxylation is 1. The molecule has 31 heavy (non-hydrogen) atoms. The van der Waals surface area contributed by atoms with Crippen molar-refractivity contribution in [1.82, 2.24) is 29.7 Å². The Labute approximate surface area is 183 Å². The van der Waals surface area contributed by atoms with Crippen molar-refractivity contribution in [2.45, 2.75) is 32.6 Å². The molecule has 0 bridgehead atoms. The fraction of sp³-hybridized carbons (Fsp3) is 0.263. The third-order valence-corrected chi connectivity index (χ3v) is 5.89. The van der Waals surface area contributed by atoms with Crippen LogP contribution in [0.3, 0.4) is 0 Å². The van der Waals surface area contributed by atoms with Crippen LogP contribution in [0.1, 0.15) is 41.8 Å². The van der Waals surface area contributed by atoms with Crippen molar-refractivity contribution in [3.05, 3.63) is 57.9 Å². The van der Waals surface area contributed by atoms with E-state index in [0.717, 1.165) is 11.8 Å². The van der Waals surface area contributed by atoms with Crippen LogP contribution in [0.5, 0.6) is 0 Å². The smallest absolute Gasteiger partial charge is 0.343 e. The van der Waals surface area contributed by atoms with Gasteiger partial charge in [0.25, 0.3) is 5.91 Å². The molecule has 12 heteroatoms. The second-order valence-corrected chi connectivity index (χ2v) is 7.99. The van der Waals surface area contributed by atoms with Gasteiger partial charge in [-0.05, 0) is 37.4 Å². The minimum Gasteiger partial charge on any atom is -0.343 e. The molecule has 0 fully saturated rings. The third kappa shape index (κ3) is 3.90. The Morgan fingerprint density at radius 3 is 2.77 bits per heavy atom. The molecule has 4 rings (SSSR count). The van der Waals surface area contributed by atoms with Crippen LogP contribution in [0.2, 0.25) is 5.02 Å². The van der Waals surface area contributed by atoms with Crippen molar-refractivity contribution in [1.29, 1.82) is 0 Å². The molecule has 0 aliphatic rings. The zero-order valence-corrected chi connectivity index (χ0v) is 17.9. The molecule has 4 aromatic heterocycles. The number of halogens is 4. The molecule has 4 heterocycles. The largest absolute Gasteiger partial charge is 0.433 e. The van der Waals surface area contributed by atoms with Gasteiger partial charge in [-0.2, -0.15) is 23.4 Å². The molecule has 0 saturated heterocycles. The van der Waals surface area contributed by atoms with Crippen molar-refractivity contribution in [3.8, 4) is 10.6 Å². The zero-order valence-electron chi connectivity index (χ0n) is 16.3. The first-order valence-corrected chi connectivity index (χ1v) is 10.5. The number of aromatic nitrogens is 5. The summed E-state index contributed by atoms with van der Waals surface area (Å²) >= 11 is 7.53. The van der Waals surface area contributed by atoms with Crippen molar-refractivity contribution >= 4 is 34.5 Å². The molecule has 0 radical (unpaired) electrons. The molecule has 0 aliphatic carbocycles. The fourth-order valence-electron chi connectivity index (χ4n) is 3.20. The van der Waals surface area contributed by atoms with E-state index in [2.05, 4.69) is 20.5 Å². The summed E-state index contributed by atoms with van der Waals surface area (Å²) in [6, 6.07) is 5.54. The average molecular weight is 469 g/mol. The number of carbonyl (C=O) groups excluding carboxylic acids is 1. The van der Waals surface area contributed by atoms with Gasteiger partial charge in [-0.1, -0.05) is 17.7 Å². The molecule has 1 amide bonds. The highest BCUT2D eigenvalue weighted by atomic mass is 35.5. The SMILES string of the molecule is CCn1nccc1C(C)NC(=O)c1nn2c(C(F)(F)F)cc(-c3cccs3)nc2c1Cl. The van der Waals surface area contributed by atoms with Gasteiger partial charge in [0.05, 0.1) is 22.3 Å². The van der Waals surface area contributed by atoms with Crippen LogP contribution < -0.4 is 5.32 Å². The van der Waals surface area contributed by atoms with Gasteiger partial charge >= 0.3 is 6.18 Å². The Hall–Kier alpha value is -2.92. The molecule has 0 aliphatic heterocycles. The molecule has 0 spiro atoms. The maximum absolute atomic E-state index is 13.7. The van der Waals surface area contributed by atoms with Crippen molar-refractivity contribution in [2.75, 3.05) is 0 Å². The van der Waals surface area contributed by atoms with Gasteiger partial charge in [0.15, 0.2) is 17.0 Å². The standard InChI is InChI=1S/C19H16ClF3N6OS/c1-3-28-12(6-7-24-28)10(2)25-18(30)16-15(20)17-26-11(13-5-4-8-31-13)9-14(19(21,22)23)29(17)27-16/h4-10H,3H2,1-2H3,(H,25,30). The summed E-state index contributed by atoms with van der Waals surface area (Å²) < 4.78 is 43.4. The van der Waals surface area contributed by atoms with Crippen molar-refractivity contribution < 1.29 is 18.0 Å². The Morgan fingerprint density at radius 1 is 1.35 bits per heavy atom. The predicted molar refractivity (Wildman–Crippen MR) is 110 cm³/mol. The fourth-order valence-corrected chi connectivity index (χ4v) is 4.14.